The number of halogens is 2. The first-order chi connectivity index (χ1) is 17.2. The minimum absolute atomic E-state index is 0.0301. The van der Waals surface area contributed by atoms with E-state index in [0.29, 0.717) is 35.2 Å². The number of sulfonamides is 1. The third kappa shape index (κ3) is 4.02. The number of nitrogens with one attached hydrogen (secondary N) is 3. The molecule has 2 aromatic carbocycles. The van der Waals surface area contributed by atoms with E-state index in [1.807, 2.05) is 0 Å². The Morgan fingerprint density at radius 3 is 2.69 bits per heavy atom. The summed E-state index contributed by atoms with van der Waals surface area (Å²) < 4.78 is 62.2. The van der Waals surface area contributed by atoms with Crippen molar-refractivity contribution in [2.24, 2.45) is 0 Å². The Labute approximate surface area is 204 Å². The van der Waals surface area contributed by atoms with Crippen LogP contribution < -0.4 is 14.8 Å². The monoisotopic (exact) mass is 513 g/mol. The number of hydrogen-bond acceptors (Lipinski definition) is 6. The van der Waals surface area contributed by atoms with Crippen molar-refractivity contribution in [1.29, 1.82) is 0 Å². The molecule has 1 fully saturated rings. The van der Waals surface area contributed by atoms with E-state index in [0.717, 1.165) is 17.6 Å². The normalized spacial score (nSPS) is 15.8. The molecular formula is C24H21F2N5O4S. The molecule has 9 nitrogen and oxygen atoms in total. The van der Waals surface area contributed by atoms with Crippen molar-refractivity contribution in [1.82, 2.24) is 20.5 Å². The van der Waals surface area contributed by atoms with Gasteiger partial charge in [-0.25, -0.2) is 22.2 Å². The topological polar surface area (TPSA) is 126 Å². The number of ether oxygens (including phenoxy) is 1. The van der Waals surface area contributed by atoms with Crippen molar-refractivity contribution in [2.45, 2.75) is 30.7 Å². The summed E-state index contributed by atoms with van der Waals surface area (Å²) in [6, 6.07) is 8.37. The minimum Gasteiger partial charge on any atom is -0.480 e. The molecule has 5 rings (SSSR count). The highest BCUT2D eigenvalue weighted by atomic mass is 32.2. The Bertz CT molecular complexity index is 1620. The molecular weight excluding hydrogens is 492 g/mol. The lowest BCUT2D eigenvalue weighted by atomic mass is 9.96. The second kappa shape index (κ2) is 8.86. The van der Waals surface area contributed by atoms with E-state index in [4.69, 9.17) is 4.74 Å². The van der Waals surface area contributed by atoms with Gasteiger partial charge in [-0.05, 0) is 30.5 Å². The van der Waals surface area contributed by atoms with Crippen molar-refractivity contribution in [3.63, 3.8) is 0 Å². The summed E-state index contributed by atoms with van der Waals surface area (Å²) in [6.07, 6.45) is 1.89. The minimum atomic E-state index is -4.42. The van der Waals surface area contributed by atoms with Crippen molar-refractivity contribution < 1.29 is 26.7 Å². The van der Waals surface area contributed by atoms with Gasteiger partial charge in [-0.3, -0.25) is 14.6 Å². The van der Waals surface area contributed by atoms with Gasteiger partial charge in [-0.15, -0.1) is 0 Å². The van der Waals surface area contributed by atoms with Crippen molar-refractivity contribution in [2.75, 3.05) is 11.8 Å². The van der Waals surface area contributed by atoms with Gasteiger partial charge in [-0.1, -0.05) is 24.3 Å². The van der Waals surface area contributed by atoms with Crippen LogP contribution in [0.5, 0.6) is 5.88 Å². The fraction of sp³-hybridized carbons (Fsp3) is 0.208. The second-order valence-corrected chi connectivity index (χ2v) is 10.0. The predicted molar refractivity (Wildman–Crippen MR) is 128 cm³/mol. The van der Waals surface area contributed by atoms with E-state index >= 15 is 4.39 Å². The van der Waals surface area contributed by atoms with E-state index in [2.05, 4.69) is 25.2 Å². The number of anilines is 1. The van der Waals surface area contributed by atoms with Crippen LogP contribution in [0.25, 0.3) is 22.0 Å². The number of fused-ring (bicyclic) bond motifs is 1. The first kappa shape index (κ1) is 23.7. The number of methoxy groups -OCH3 is 1. The number of aryl methyl sites for hydroxylation is 1. The average Bonchev–Trinajstić information content (AvgIpc) is 3.47. The fourth-order valence-electron chi connectivity index (χ4n) is 4.39. The molecule has 36 heavy (non-hydrogen) atoms. The van der Waals surface area contributed by atoms with E-state index in [1.54, 1.807) is 19.1 Å². The molecule has 1 aliphatic heterocycles. The molecule has 0 bridgehead atoms. The van der Waals surface area contributed by atoms with Crippen LogP contribution in [0.15, 0.2) is 47.5 Å². The number of carbonyl (C=O) groups excluding carboxylic acids is 1. The van der Waals surface area contributed by atoms with Crippen LogP contribution in [0.1, 0.15) is 30.1 Å². The van der Waals surface area contributed by atoms with Crippen LogP contribution in [0, 0.1) is 18.6 Å². The maximum atomic E-state index is 15.6. The number of carbonyl (C=O) groups is 1. The molecule has 0 saturated carbocycles. The van der Waals surface area contributed by atoms with Gasteiger partial charge in [0.05, 0.1) is 36.2 Å². The van der Waals surface area contributed by atoms with Gasteiger partial charge < -0.3 is 10.1 Å². The molecule has 186 valence electrons. The summed E-state index contributed by atoms with van der Waals surface area (Å²) in [6.45, 7) is 1.80. The summed E-state index contributed by atoms with van der Waals surface area (Å²) in [4.78, 5) is 14.7. The number of aromatic amines is 1. The number of nitrogens with zero attached hydrogens (tertiary/aromatic N) is 2. The molecule has 3 heterocycles. The average molecular weight is 514 g/mol. The third-order valence-electron chi connectivity index (χ3n) is 6.16. The Kier molecular flexibility index (Phi) is 5.83. The van der Waals surface area contributed by atoms with Gasteiger partial charge in [0.2, 0.25) is 11.8 Å². The summed E-state index contributed by atoms with van der Waals surface area (Å²) in [5.74, 6) is -2.05. The molecule has 1 amide bonds. The number of aromatic nitrogens is 3. The predicted octanol–water partition coefficient (Wildman–Crippen LogP) is 3.97. The zero-order valence-electron chi connectivity index (χ0n) is 19.2. The third-order valence-corrected chi connectivity index (χ3v) is 7.52. The highest BCUT2D eigenvalue weighted by Gasteiger charge is 2.27. The summed E-state index contributed by atoms with van der Waals surface area (Å²) in [5.41, 5.74) is 2.46. The van der Waals surface area contributed by atoms with Gasteiger partial charge >= 0.3 is 0 Å². The van der Waals surface area contributed by atoms with Crippen LogP contribution in [-0.2, 0) is 14.8 Å². The van der Waals surface area contributed by atoms with Crippen LogP contribution in [0.4, 0.5) is 14.5 Å². The van der Waals surface area contributed by atoms with Crippen LogP contribution in [-0.4, -0.2) is 36.6 Å². The molecule has 0 spiro atoms. The van der Waals surface area contributed by atoms with Crippen LogP contribution >= 0.6 is 0 Å². The van der Waals surface area contributed by atoms with E-state index in [-0.39, 0.29) is 29.1 Å². The Morgan fingerprint density at radius 2 is 1.97 bits per heavy atom. The number of rotatable bonds is 6. The van der Waals surface area contributed by atoms with Gasteiger partial charge in [0.25, 0.3) is 10.0 Å². The number of benzene rings is 2. The van der Waals surface area contributed by atoms with Crippen LogP contribution in [0.3, 0.4) is 0 Å². The Morgan fingerprint density at radius 1 is 1.17 bits per heavy atom. The lowest BCUT2D eigenvalue weighted by Crippen LogP contribution is -2.18. The number of hydrogen-bond donors (Lipinski definition) is 3. The molecule has 1 unspecified atom stereocenters. The van der Waals surface area contributed by atoms with Crippen molar-refractivity contribution in [3.05, 3.63) is 65.5 Å². The quantitative estimate of drug-likeness (QED) is 0.358. The molecule has 12 heteroatoms. The SMILES string of the molecule is COc1ncc(F)cc1S(=O)(=O)Nc1cccc(-c2ccc3c(C4CCC(=O)N4)n[nH]c3c2C)c1F. The highest BCUT2D eigenvalue weighted by molar-refractivity contribution is 7.92. The fourth-order valence-corrected chi connectivity index (χ4v) is 5.59. The largest absolute Gasteiger partial charge is 0.480 e. The Hall–Kier alpha value is -4.06. The first-order valence-corrected chi connectivity index (χ1v) is 12.5. The first-order valence-electron chi connectivity index (χ1n) is 11.0. The molecule has 0 radical (unpaired) electrons. The van der Waals surface area contributed by atoms with E-state index in [1.165, 1.54) is 25.3 Å². The van der Waals surface area contributed by atoms with Gasteiger partial charge in [-0.2, -0.15) is 5.10 Å². The molecule has 1 aliphatic rings. The van der Waals surface area contributed by atoms with Crippen molar-refractivity contribution in [3.8, 4) is 17.0 Å². The summed E-state index contributed by atoms with van der Waals surface area (Å²) in [5, 5.41) is 11.1. The maximum absolute atomic E-state index is 15.6. The number of H-pyrrole nitrogens is 1. The summed E-state index contributed by atoms with van der Waals surface area (Å²) in [7, 11) is -3.23. The zero-order chi connectivity index (χ0) is 25.6. The summed E-state index contributed by atoms with van der Waals surface area (Å²) >= 11 is 0. The molecule has 1 atom stereocenters. The van der Waals surface area contributed by atoms with E-state index < -0.39 is 26.6 Å². The van der Waals surface area contributed by atoms with Gasteiger partial charge in [0.1, 0.15) is 5.82 Å². The van der Waals surface area contributed by atoms with Gasteiger partial charge in [0, 0.05) is 23.4 Å². The molecule has 1 saturated heterocycles. The number of pyridine rings is 1. The molecule has 4 aromatic rings. The second-order valence-electron chi connectivity index (χ2n) is 8.36. The lowest BCUT2D eigenvalue weighted by molar-refractivity contribution is -0.119. The number of amides is 1. The zero-order valence-corrected chi connectivity index (χ0v) is 20.0. The maximum Gasteiger partial charge on any atom is 0.267 e. The molecule has 2 aromatic heterocycles. The Balaban J connectivity index is 1.53. The van der Waals surface area contributed by atoms with Crippen molar-refractivity contribution >= 4 is 32.5 Å². The highest BCUT2D eigenvalue weighted by Crippen LogP contribution is 2.36. The lowest BCUT2D eigenvalue weighted by Gasteiger charge is -2.14. The smallest absolute Gasteiger partial charge is 0.267 e. The standard InChI is InChI=1S/C24H21F2N5O4S/c1-12-14(6-7-16-22(12)29-30-23(16)18-8-9-20(32)28-18)15-4-3-5-17(21(15)26)31-36(33,34)19-10-13(25)11-27-24(19)35-2/h3-7,10-11,18,31H,8-9H2,1-2H3,(H,28,32)(H,29,30). The van der Waals surface area contributed by atoms with Gasteiger partial charge in [0.15, 0.2) is 10.7 Å². The molecule has 3 N–H and O–H groups in total. The van der Waals surface area contributed by atoms with Crippen LogP contribution in [0.2, 0.25) is 0 Å². The molecule has 0 aliphatic carbocycles. The van der Waals surface area contributed by atoms with E-state index in [9.17, 15) is 17.6 Å².